The van der Waals surface area contributed by atoms with Gasteiger partial charge in [0.25, 0.3) is 0 Å². The molecule has 1 aromatic rings. The summed E-state index contributed by atoms with van der Waals surface area (Å²) in [5.74, 6) is -2.01. The van der Waals surface area contributed by atoms with Gasteiger partial charge in [-0.2, -0.15) is 0 Å². The molecule has 4 fully saturated rings. The standard InChI is InChI=1S/C47H68N2O10/c1-6-8-10-23-47(24-11-9-7-2)57-40-29-34(44(53)49-25-13-16-36(49)43(52)48-35(30-50)20-22-41(51)58-46(3,4)5)28-39(42(40)59-47)56-45(54)33-15-12-14-31(26-33)17-18-32-19-21-37-38(27-32)55-37/h12,14-15,17-18,26,29,32,35-40,42,50H,6-11,13,16,19-25,27-28,30H2,1-5H3,(H,48,52). The van der Waals surface area contributed by atoms with Crippen molar-refractivity contribution >= 4 is 29.8 Å². The number of aliphatic hydroxyl groups is 1. The molecule has 5 aliphatic rings. The lowest BCUT2D eigenvalue weighted by Gasteiger charge is -2.33. The highest BCUT2D eigenvalue weighted by molar-refractivity contribution is 5.98. The first-order chi connectivity index (χ1) is 28.3. The van der Waals surface area contributed by atoms with Crippen LogP contribution in [0.15, 0.2) is 42.0 Å². The second kappa shape index (κ2) is 20.3. The molecule has 3 aliphatic heterocycles. The molecule has 0 aromatic heterocycles. The van der Waals surface area contributed by atoms with E-state index in [0.717, 1.165) is 63.4 Å². The first-order valence-electron chi connectivity index (χ1n) is 22.5. The average Bonchev–Trinajstić information content (AvgIpc) is 3.63. The summed E-state index contributed by atoms with van der Waals surface area (Å²) in [5, 5.41) is 12.9. The number of hydrogen-bond acceptors (Lipinski definition) is 10. The van der Waals surface area contributed by atoms with Crippen LogP contribution in [-0.4, -0.2) is 101 Å². The molecular weight excluding hydrogens is 753 g/mol. The highest BCUT2D eigenvalue weighted by atomic mass is 16.8. The van der Waals surface area contributed by atoms with Crippen LogP contribution < -0.4 is 5.32 Å². The van der Waals surface area contributed by atoms with E-state index in [0.29, 0.717) is 61.5 Å². The van der Waals surface area contributed by atoms with Crippen molar-refractivity contribution in [1.29, 1.82) is 0 Å². The number of nitrogens with zero attached hydrogens (tertiary/aromatic N) is 1. The van der Waals surface area contributed by atoms with E-state index in [1.165, 1.54) is 0 Å². The number of epoxide rings is 1. The monoisotopic (exact) mass is 820 g/mol. The second-order valence-electron chi connectivity index (χ2n) is 18.3. The predicted molar refractivity (Wildman–Crippen MR) is 223 cm³/mol. The molecule has 0 spiro atoms. The van der Waals surface area contributed by atoms with Gasteiger partial charge in [-0.15, -0.1) is 0 Å². The van der Waals surface area contributed by atoms with Crippen molar-refractivity contribution < 1.29 is 48.0 Å². The number of unbranched alkanes of at least 4 members (excludes halogenated alkanes) is 4. The van der Waals surface area contributed by atoms with Gasteiger partial charge in [0.15, 0.2) is 5.79 Å². The molecule has 6 rings (SSSR count). The first kappa shape index (κ1) is 45.0. The van der Waals surface area contributed by atoms with Crippen LogP contribution in [0.2, 0.25) is 0 Å². The number of carbonyl (C=O) groups is 4. The van der Waals surface area contributed by atoms with E-state index in [-0.39, 0.29) is 37.7 Å². The molecule has 0 radical (unpaired) electrons. The fourth-order valence-corrected chi connectivity index (χ4v) is 9.08. The van der Waals surface area contributed by atoms with Crippen LogP contribution in [0.25, 0.3) is 6.08 Å². The smallest absolute Gasteiger partial charge is 0.338 e. The summed E-state index contributed by atoms with van der Waals surface area (Å²) >= 11 is 0. The Morgan fingerprint density at radius 3 is 2.47 bits per heavy atom. The molecule has 1 saturated carbocycles. The number of ether oxygens (including phenoxy) is 5. The Kier molecular flexibility index (Phi) is 15.5. The molecule has 326 valence electrons. The lowest BCUT2D eigenvalue weighted by Crippen LogP contribution is -2.51. The number of likely N-dealkylation sites (tertiary alicyclic amines) is 1. The normalized spacial score (nSPS) is 27.7. The van der Waals surface area contributed by atoms with Gasteiger partial charge in [0, 0.05) is 37.8 Å². The van der Waals surface area contributed by atoms with Gasteiger partial charge in [0.05, 0.1) is 30.4 Å². The predicted octanol–water partition coefficient (Wildman–Crippen LogP) is 7.35. The maximum absolute atomic E-state index is 14.5. The first-order valence-corrected chi connectivity index (χ1v) is 22.5. The summed E-state index contributed by atoms with van der Waals surface area (Å²) in [4.78, 5) is 56.0. The minimum atomic E-state index is -0.858. The van der Waals surface area contributed by atoms with Crippen LogP contribution in [0.3, 0.4) is 0 Å². The van der Waals surface area contributed by atoms with Crippen LogP contribution in [0, 0.1) is 5.92 Å². The number of amides is 2. The number of fused-ring (bicyclic) bond motifs is 2. The minimum absolute atomic E-state index is 0.0319. The van der Waals surface area contributed by atoms with Crippen molar-refractivity contribution in [2.45, 2.75) is 191 Å². The lowest BCUT2D eigenvalue weighted by molar-refractivity contribution is -0.190. The topological polar surface area (TPSA) is 153 Å². The average molecular weight is 821 g/mol. The van der Waals surface area contributed by atoms with Crippen LogP contribution in [-0.2, 0) is 38.1 Å². The molecule has 3 saturated heterocycles. The largest absolute Gasteiger partial charge is 0.460 e. The van der Waals surface area contributed by atoms with E-state index in [1.54, 1.807) is 31.7 Å². The summed E-state index contributed by atoms with van der Waals surface area (Å²) in [6, 6.07) is 5.98. The zero-order valence-electron chi connectivity index (χ0n) is 36.0. The summed E-state index contributed by atoms with van der Waals surface area (Å²) in [6.45, 7) is 9.69. The summed E-state index contributed by atoms with van der Waals surface area (Å²) in [5.41, 5.74) is 1.10. The fraction of sp³-hybridized carbons (Fsp3) is 0.702. The van der Waals surface area contributed by atoms with E-state index in [1.807, 2.05) is 24.3 Å². The van der Waals surface area contributed by atoms with Gasteiger partial charge in [-0.05, 0) is 102 Å². The quantitative estimate of drug-likeness (QED) is 0.0823. The highest BCUT2D eigenvalue weighted by Crippen LogP contribution is 2.44. The van der Waals surface area contributed by atoms with Crippen molar-refractivity contribution in [2.75, 3.05) is 13.2 Å². The molecule has 8 unspecified atom stereocenters. The van der Waals surface area contributed by atoms with Gasteiger partial charge >= 0.3 is 11.9 Å². The zero-order valence-corrected chi connectivity index (χ0v) is 36.0. The summed E-state index contributed by atoms with van der Waals surface area (Å²) in [7, 11) is 0. The van der Waals surface area contributed by atoms with Gasteiger partial charge < -0.3 is 39.0 Å². The van der Waals surface area contributed by atoms with E-state index in [4.69, 9.17) is 23.7 Å². The fourth-order valence-electron chi connectivity index (χ4n) is 9.08. The second-order valence-corrected chi connectivity index (χ2v) is 18.3. The molecule has 12 nitrogen and oxygen atoms in total. The van der Waals surface area contributed by atoms with Gasteiger partial charge in [-0.25, -0.2) is 4.79 Å². The zero-order chi connectivity index (χ0) is 42.2. The summed E-state index contributed by atoms with van der Waals surface area (Å²) < 4.78 is 31.1. The molecule has 8 atom stereocenters. The van der Waals surface area contributed by atoms with Gasteiger partial charge in [0.2, 0.25) is 11.8 Å². The molecule has 2 N–H and O–H groups in total. The highest BCUT2D eigenvalue weighted by Gasteiger charge is 2.53. The van der Waals surface area contributed by atoms with E-state index in [2.05, 4.69) is 31.3 Å². The van der Waals surface area contributed by atoms with Crippen molar-refractivity contribution in [3.8, 4) is 0 Å². The third-order valence-corrected chi connectivity index (χ3v) is 12.3. The molecule has 12 heteroatoms. The molecule has 1 aromatic carbocycles. The molecule has 2 aliphatic carbocycles. The number of esters is 2. The van der Waals surface area contributed by atoms with Gasteiger partial charge in [-0.3, -0.25) is 14.4 Å². The maximum Gasteiger partial charge on any atom is 0.338 e. The lowest BCUT2D eigenvalue weighted by atomic mass is 9.88. The Bertz CT molecular complexity index is 1670. The van der Waals surface area contributed by atoms with Crippen molar-refractivity contribution in [3.63, 3.8) is 0 Å². The number of aliphatic hydroxyl groups excluding tert-OH is 1. The number of carbonyl (C=O) groups excluding carboxylic acids is 4. The van der Waals surface area contributed by atoms with Crippen LogP contribution in [0.1, 0.15) is 153 Å². The van der Waals surface area contributed by atoms with Crippen LogP contribution >= 0.6 is 0 Å². The molecule has 3 heterocycles. The van der Waals surface area contributed by atoms with Crippen molar-refractivity contribution in [2.24, 2.45) is 5.92 Å². The molecule has 59 heavy (non-hydrogen) atoms. The number of allylic oxidation sites excluding steroid dienone is 1. The Balaban J connectivity index is 1.18. The van der Waals surface area contributed by atoms with Crippen LogP contribution in [0.5, 0.6) is 0 Å². The number of rotatable bonds is 19. The Morgan fingerprint density at radius 2 is 1.78 bits per heavy atom. The Labute approximate surface area is 350 Å². The van der Waals surface area contributed by atoms with E-state index in [9.17, 15) is 24.3 Å². The third-order valence-electron chi connectivity index (χ3n) is 12.3. The van der Waals surface area contributed by atoms with E-state index < -0.39 is 53.7 Å². The van der Waals surface area contributed by atoms with Gasteiger partial charge in [-0.1, -0.05) is 63.8 Å². The molecular formula is C47H68N2O10. The number of nitrogens with one attached hydrogen (secondary N) is 1. The molecule has 0 bridgehead atoms. The number of benzene rings is 1. The molecule has 2 amide bonds. The Morgan fingerprint density at radius 1 is 1.02 bits per heavy atom. The Hall–Kier alpha value is -3.58. The van der Waals surface area contributed by atoms with Crippen molar-refractivity contribution in [3.05, 3.63) is 53.1 Å². The third kappa shape index (κ3) is 12.3. The summed E-state index contributed by atoms with van der Waals surface area (Å²) in [6.07, 6.45) is 17.0. The van der Waals surface area contributed by atoms with Crippen LogP contribution in [0.4, 0.5) is 0 Å². The minimum Gasteiger partial charge on any atom is -0.460 e. The van der Waals surface area contributed by atoms with Gasteiger partial charge in [0.1, 0.15) is 30.0 Å². The van der Waals surface area contributed by atoms with Crippen molar-refractivity contribution in [1.82, 2.24) is 10.2 Å². The number of hydrogen-bond donors (Lipinski definition) is 2. The SMILES string of the molecule is CCCCCC1(CCCCC)OC2C=C(C(=O)N3CCCC3C(=O)NC(CO)CCC(=O)OC(C)(C)C)CC(OC(=O)c3cccc(C=CC4CCC5OC5C4)c3)C2O1. The van der Waals surface area contributed by atoms with E-state index >= 15 is 0 Å². The maximum atomic E-state index is 14.5.